The fraction of sp³-hybridized carbons (Fsp3) is 0.357. The molecule has 5 rings (SSSR count). The highest BCUT2D eigenvalue weighted by molar-refractivity contribution is 5.33. The average molecular weight is 498 g/mol. The number of aliphatic hydroxyl groups is 3. The number of likely N-dealkylation sites (tertiary alicyclic amines) is 1. The van der Waals surface area contributed by atoms with Crippen LogP contribution in [0, 0.1) is 17.6 Å². The Bertz CT molecular complexity index is 1160. The lowest BCUT2D eigenvalue weighted by Crippen LogP contribution is -2.49. The molecule has 3 N–H and O–H groups in total. The molecular weight excluding hydrogens is 468 g/mol. The van der Waals surface area contributed by atoms with Crippen LogP contribution in [0.15, 0.2) is 72.8 Å². The maximum Gasteiger partial charge on any atom is 0.191 e. The molecule has 1 aliphatic carbocycles. The summed E-state index contributed by atoms with van der Waals surface area (Å²) in [5, 5.41) is 32.7. The van der Waals surface area contributed by atoms with Gasteiger partial charge in [0.15, 0.2) is 17.4 Å². The Morgan fingerprint density at radius 1 is 1.00 bits per heavy atom. The van der Waals surface area contributed by atoms with Crippen LogP contribution in [0.25, 0.3) is 0 Å². The highest BCUT2D eigenvalue weighted by Gasteiger charge is 2.59. The number of nitrogens with zero attached hydrogens (tertiary/aromatic N) is 1. The quantitative estimate of drug-likeness (QED) is 0.442. The molecule has 0 aromatic heterocycles. The monoisotopic (exact) mass is 497 g/mol. The molecule has 0 unspecified atom stereocenters. The summed E-state index contributed by atoms with van der Waals surface area (Å²) in [5.74, 6) is -1.91. The molecule has 2 aliphatic rings. The van der Waals surface area contributed by atoms with Crippen molar-refractivity contribution in [1.29, 1.82) is 0 Å². The number of benzene rings is 3. The van der Waals surface area contributed by atoms with Crippen LogP contribution in [0.1, 0.15) is 23.7 Å². The van der Waals surface area contributed by atoms with Crippen LogP contribution >= 0.6 is 0 Å². The van der Waals surface area contributed by atoms with Gasteiger partial charge in [0.25, 0.3) is 0 Å². The molecule has 5 atom stereocenters. The summed E-state index contributed by atoms with van der Waals surface area (Å²) in [5.41, 5.74) is -0.534. The zero-order valence-corrected chi connectivity index (χ0v) is 19.6. The molecule has 0 spiro atoms. The second-order valence-electron chi connectivity index (χ2n) is 9.64. The Hall–Kier alpha value is -3.04. The lowest BCUT2D eigenvalue weighted by Gasteiger charge is -2.29. The Morgan fingerprint density at radius 3 is 2.28 bits per heavy atom. The zero-order chi connectivity index (χ0) is 25.3. The molecule has 1 heterocycles. The standard InChI is InChI=1S/C28H29F2NO5/c29-22-11-19(12-23(30)26(22)35-16-18-7-3-1-4-8-18)24(32)15-31-14-20-13-25(27(33)28(20,34)17-31)36-21-9-5-2-6-10-21/h1-12,20,24-25,27,32-34H,13-17H2/t20-,24+,25+,27+,28-/m1/s1. The van der Waals surface area contributed by atoms with Gasteiger partial charge in [-0.05, 0) is 41.8 Å². The van der Waals surface area contributed by atoms with Gasteiger partial charge in [-0.25, -0.2) is 8.78 Å². The van der Waals surface area contributed by atoms with Crippen LogP contribution in [0.5, 0.6) is 11.5 Å². The van der Waals surface area contributed by atoms with Crippen molar-refractivity contribution in [2.75, 3.05) is 19.6 Å². The number of hydrogen-bond acceptors (Lipinski definition) is 6. The largest absolute Gasteiger partial charge is 0.488 e. The molecule has 0 amide bonds. The zero-order valence-electron chi connectivity index (χ0n) is 19.6. The minimum Gasteiger partial charge on any atom is -0.488 e. The molecule has 8 heteroatoms. The van der Waals surface area contributed by atoms with E-state index in [1.807, 2.05) is 36.4 Å². The molecule has 3 aromatic rings. The summed E-state index contributed by atoms with van der Waals surface area (Å²) in [7, 11) is 0. The summed E-state index contributed by atoms with van der Waals surface area (Å²) >= 11 is 0. The van der Waals surface area contributed by atoms with Crippen molar-refractivity contribution in [3.05, 3.63) is 95.6 Å². The lowest BCUT2D eigenvalue weighted by atomic mass is 9.93. The summed E-state index contributed by atoms with van der Waals surface area (Å²) in [4.78, 5) is 1.80. The third-order valence-corrected chi connectivity index (χ3v) is 7.14. The molecule has 2 fully saturated rings. The van der Waals surface area contributed by atoms with Crippen molar-refractivity contribution >= 4 is 0 Å². The lowest BCUT2D eigenvalue weighted by molar-refractivity contribution is -0.0875. The van der Waals surface area contributed by atoms with Crippen molar-refractivity contribution in [1.82, 2.24) is 4.90 Å². The maximum atomic E-state index is 14.6. The van der Waals surface area contributed by atoms with Gasteiger partial charge in [-0.1, -0.05) is 48.5 Å². The van der Waals surface area contributed by atoms with Gasteiger partial charge in [0.05, 0.1) is 6.10 Å². The average Bonchev–Trinajstić information content (AvgIpc) is 3.29. The molecule has 0 bridgehead atoms. The third kappa shape index (κ3) is 4.95. The summed E-state index contributed by atoms with van der Waals surface area (Å²) in [6.07, 6.45) is -2.37. The Labute approximate surface area is 208 Å². The highest BCUT2D eigenvalue weighted by Crippen LogP contribution is 2.44. The van der Waals surface area contributed by atoms with Crippen molar-refractivity contribution in [2.24, 2.45) is 5.92 Å². The topological polar surface area (TPSA) is 82.4 Å². The van der Waals surface area contributed by atoms with Crippen molar-refractivity contribution < 1.29 is 33.6 Å². The number of aliphatic hydroxyl groups excluding tert-OH is 2. The van der Waals surface area contributed by atoms with Crippen molar-refractivity contribution in [3.63, 3.8) is 0 Å². The summed E-state index contributed by atoms with van der Waals surface area (Å²) in [6.45, 7) is 0.608. The van der Waals surface area contributed by atoms with Crippen LogP contribution in [-0.2, 0) is 6.61 Å². The Kier molecular flexibility index (Phi) is 6.94. The van der Waals surface area contributed by atoms with Crippen LogP contribution in [0.4, 0.5) is 8.78 Å². The van der Waals surface area contributed by atoms with Gasteiger partial charge in [0.1, 0.15) is 30.2 Å². The SMILES string of the molecule is O[C@@H](CN1C[C@H]2C[C@H](Oc3ccccc3)[C@H](O)[C@@]2(O)C1)c1cc(F)c(OCc2ccccc2)c(F)c1. The summed E-state index contributed by atoms with van der Waals surface area (Å²) < 4.78 is 40.5. The van der Waals surface area contributed by atoms with Crippen molar-refractivity contribution in [3.8, 4) is 11.5 Å². The number of para-hydroxylation sites is 1. The first-order chi connectivity index (χ1) is 17.3. The Balaban J connectivity index is 1.20. The molecular formula is C28H29F2NO5. The molecule has 0 radical (unpaired) electrons. The van der Waals surface area contributed by atoms with E-state index in [0.717, 1.165) is 17.7 Å². The minimum atomic E-state index is -1.38. The highest BCUT2D eigenvalue weighted by atomic mass is 19.1. The first-order valence-corrected chi connectivity index (χ1v) is 12.0. The van der Waals surface area contributed by atoms with Gasteiger partial charge in [-0.15, -0.1) is 0 Å². The fourth-order valence-electron chi connectivity index (χ4n) is 5.28. The van der Waals surface area contributed by atoms with Gasteiger partial charge in [-0.3, -0.25) is 4.90 Å². The van der Waals surface area contributed by atoms with E-state index in [2.05, 4.69) is 0 Å². The van der Waals surface area contributed by atoms with Crippen LogP contribution in [0.3, 0.4) is 0 Å². The van der Waals surface area contributed by atoms with E-state index in [1.54, 1.807) is 29.2 Å². The molecule has 3 aromatic carbocycles. The number of ether oxygens (including phenoxy) is 2. The molecule has 6 nitrogen and oxygen atoms in total. The first-order valence-electron chi connectivity index (χ1n) is 12.0. The second kappa shape index (κ2) is 10.1. The smallest absolute Gasteiger partial charge is 0.191 e. The molecule has 36 heavy (non-hydrogen) atoms. The van der Waals surface area contributed by atoms with E-state index >= 15 is 0 Å². The fourth-order valence-corrected chi connectivity index (χ4v) is 5.28. The number of halogens is 2. The van der Waals surface area contributed by atoms with Crippen LogP contribution in [-0.4, -0.2) is 57.7 Å². The van der Waals surface area contributed by atoms with E-state index in [-0.39, 0.29) is 31.2 Å². The third-order valence-electron chi connectivity index (χ3n) is 7.14. The predicted molar refractivity (Wildman–Crippen MR) is 128 cm³/mol. The van der Waals surface area contributed by atoms with Gasteiger partial charge < -0.3 is 24.8 Å². The predicted octanol–water partition coefficient (Wildman–Crippen LogP) is 3.45. The number of β-amino-alcohol motifs (C(OH)–C–C–N with tert-alkyl or cyclic N) is 2. The number of hydrogen-bond donors (Lipinski definition) is 3. The molecule has 1 saturated heterocycles. The second-order valence-corrected chi connectivity index (χ2v) is 9.64. The number of rotatable bonds is 8. The number of fused-ring (bicyclic) bond motifs is 1. The van der Waals surface area contributed by atoms with E-state index in [1.165, 1.54) is 0 Å². The van der Waals surface area contributed by atoms with Gasteiger partial charge in [-0.2, -0.15) is 0 Å². The van der Waals surface area contributed by atoms with Gasteiger partial charge in [0, 0.05) is 25.6 Å². The van der Waals surface area contributed by atoms with Crippen LogP contribution < -0.4 is 9.47 Å². The molecule has 1 aliphatic heterocycles. The summed E-state index contributed by atoms with van der Waals surface area (Å²) in [6, 6.07) is 20.3. The van der Waals surface area contributed by atoms with Gasteiger partial charge in [0.2, 0.25) is 0 Å². The van der Waals surface area contributed by atoms with Gasteiger partial charge >= 0.3 is 0 Å². The Morgan fingerprint density at radius 2 is 1.64 bits per heavy atom. The van der Waals surface area contributed by atoms with E-state index in [9.17, 15) is 24.1 Å². The maximum absolute atomic E-state index is 14.6. The van der Waals surface area contributed by atoms with E-state index in [4.69, 9.17) is 9.47 Å². The van der Waals surface area contributed by atoms with Crippen LogP contribution in [0.2, 0.25) is 0 Å². The molecule has 1 saturated carbocycles. The normalized spacial score (nSPS) is 26.5. The van der Waals surface area contributed by atoms with Crippen molar-refractivity contribution in [2.45, 2.75) is 36.9 Å². The first kappa shape index (κ1) is 24.6. The van der Waals surface area contributed by atoms with E-state index in [0.29, 0.717) is 18.7 Å². The minimum absolute atomic E-state index is 0.0155. The van der Waals surface area contributed by atoms with E-state index < -0.39 is 41.3 Å². The molecule has 190 valence electrons.